The van der Waals surface area contributed by atoms with E-state index in [1.165, 1.54) is 11.3 Å². The zero-order valence-electron chi connectivity index (χ0n) is 30.0. The number of rotatable bonds is 13. The third-order valence-corrected chi connectivity index (χ3v) is 11.7. The van der Waals surface area contributed by atoms with Gasteiger partial charge in [-0.25, -0.2) is 19.1 Å². The fourth-order valence-corrected chi connectivity index (χ4v) is 7.81. The number of carbonyl (C=O) groups excluding carboxylic acids is 1. The van der Waals surface area contributed by atoms with Crippen molar-refractivity contribution in [3.05, 3.63) is 95.6 Å². The van der Waals surface area contributed by atoms with Gasteiger partial charge in [0.2, 0.25) is 0 Å². The van der Waals surface area contributed by atoms with E-state index in [9.17, 15) is 9.59 Å². The minimum atomic E-state index is -1.26. The van der Waals surface area contributed by atoms with Crippen LogP contribution in [0.2, 0.25) is 25.7 Å². The Morgan fingerprint density at radius 3 is 2.64 bits per heavy atom. The van der Waals surface area contributed by atoms with Gasteiger partial charge < -0.3 is 25.2 Å². The molecule has 4 heterocycles. The van der Waals surface area contributed by atoms with E-state index in [0.717, 1.165) is 69.9 Å². The predicted octanol–water partition coefficient (Wildman–Crippen LogP) is 8.72. The first-order valence-corrected chi connectivity index (χ1v) is 22.4. The van der Waals surface area contributed by atoms with Crippen LogP contribution in [0.15, 0.2) is 84.4 Å². The molecule has 1 unspecified atom stereocenters. The van der Waals surface area contributed by atoms with Crippen LogP contribution in [0.25, 0.3) is 44.0 Å². The van der Waals surface area contributed by atoms with Crippen LogP contribution in [0, 0.1) is 0 Å². The number of amides is 2. The maximum atomic E-state index is 14.0. The van der Waals surface area contributed by atoms with Crippen LogP contribution in [0.3, 0.4) is 0 Å². The van der Waals surface area contributed by atoms with Crippen LogP contribution < -0.4 is 10.6 Å². The van der Waals surface area contributed by atoms with E-state index >= 15 is 0 Å². The molecule has 0 saturated carbocycles. The molecule has 6 aromatic rings. The predicted molar refractivity (Wildman–Crippen MR) is 210 cm³/mol. The second-order valence-corrected chi connectivity index (χ2v) is 20.8. The zero-order chi connectivity index (χ0) is 37.0. The number of ether oxygens (including phenoxy) is 2. The highest BCUT2D eigenvalue weighted by atomic mass is 32.1. The molecule has 53 heavy (non-hydrogen) atoms. The average Bonchev–Trinajstić information content (AvgIpc) is 3.92. The smallest absolute Gasteiger partial charge is 0.404 e. The maximum absolute atomic E-state index is 14.0. The van der Waals surface area contributed by atoms with Crippen molar-refractivity contribution in [2.75, 3.05) is 18.5 Å². The molecule has 3 aromatic heterocycles. The molecule has 12 nitrogen and oxygen atoms in total. The monoisotopic (exact) mass is 749 g/mol. The molecule has 14 heteroatoms. The first-order chi connectivity index (χ1) is 25.6. The fourth-order valence-electron chi connectivity index (χ4n) is 6.25. The van der Waals surface area contributed by atoms with Crippen molar-refractivity contribution in [1.82, 2.24) is 29.9 Å². The summed E-state index contributed by atoms with van der Waals surface area (Å²) in [6, 6.07) is 24.5. The van der Waals surface area contributed by atoms with E-state index in [2.05, 4.69) is 35.4 Å². The summed E-state index contributed by atoms with van der Waals surface area (Å²) >= 11 is 1.39. The number of carbonyl (C=O) groups is 2. The van der Waals surface area contributed by atoms with Crippen molar-refractivity contribution in [2.24, 2.45) is 0 Å². The van der Waals surface area contributed by atoms with E-state index in [1.807, 2.05) is 77.5 Å². The first-order valence-electron chi connectivity index (χ1n) is 17.8. The lowest BCUT2D eigenvalue weighted by Crippen LogP contribution is -2.22. The van der Waals surface area contributed by atoms with Crippen LogP contribution in [0.4, 0.5) is 10.5 Å². The Bertz CT molecular complexity index is 2220. The Morgan fingerprint density at radius 2 is 1.87 bits per heavy atom. The molecule has 1 fully saturated rings. The zero-order valence-corrected chi connectivity index (χ0v) is 31.9. The van der Waals surface area contributed by atoms with Crippen LogP contribution >= 0.6 is 11.3 Å². The highest BCUT2D eigenvalue weighted by Crippen LogP contribution is 2.36. The van der Waals surface area contributed by atoms with Gasteiger partial charge in [0.1, 0.15) is 23.1 Å². The van der Waals surface area contributed by atoms with E-state index in [-0.39, 0.29) is 31.1 Å². The Morgan fingerprint density at radius 1 is 1.04 bits per heavy atom. The summed E-state index contributed by atoms with van der Waals surface area (Å²) in [6.45, 7) is 8.71. The second kappa shape index (κ2) is 15.8. The molecule has 3 N–H and O–H groups in total. The molecule has 1 atom stereocenters. The lowest BCUT2D eigenvalue weighted by atomic mass is 9.99. The van der Waals surface area contributed by atoms with Crippen molar-refractivity contribution >= 4 is 48.0 Å². The number of nitrogens with zero attached hydrogens (tertiary/aromatic N) is 5. The molecule has 0 radical (unpaired) electrons. The van der Waals surface area contributed by atoms with E-state index in [4.69, 9.17) is 24.7 Å². The summed E-state index contributed by atoms with van der Waals surface area (Å²) in [7, 11) is -1.26. The lowest BCUT2D eigenvalue weighted by molar-refractivity contribution is -0.0382. The molecule has 3 aromatic carbocycles. The third-order valence-electron chi connectivity index (χ3n) is 9.11. The van der Waals surface area contributed by atoms with Crippen LogP contribution in [0.1, 0.15) is 41.5 Å². The Balaban J connectivity index is 1.21. The number of hydrogen-bond donors (Lipinski definition) is 3. The van der Waals surface area contributed by atoms with Crippen LogP contribution in [0.5, 0.6) is 0 Å². The van der Waals surface area contributed by atoms with Gasteiger partial charge in [-0.15, -0.1) is 11.3 Å². The van der Waals surface area contributed by atoms with Gasteiger partial charge in [0.05, 0.1) is 23.1 Å². The largest absolute Gasteiger partial charge is 0.465 e. The molecule has 0 spiro atoms. The Labute approximate surface area is 312 Å². The van der Waals surface area contributed by atoms with Gasteiger partial charge in [-0.05, 0) is 60.7 Å². The van der Waals surface area contributed by atoms with Crippen molar-refractivity contribution in [3.63, 3.8) is 0 Å². The SMILES string of the molecule is C[Si](C)(C)CCOCn1ncc2cc(-c3cccc(CNC(=O)O)c3)c(NC(=O)c3csc(-c4cc(-c5ccccc5)nn4C4CCCCO4)n3)cc21. The molecule has 1 aliphatic heterocycles. The van der Waals surface area contributed by atoms with Crippen molar-refractivity contribution in [3.8, 4) is 33.1 Å². The van der Waals surface area contributed by atoms with Crippen LogP contribution in [-0.4, -0.2) is 62.9 Å². The normalized spacial score (nSPS) is 14.7. The van der Waals surface area contributed by atoms with Crippen molar-refractivity contribution in [2.45, 2.75) is 64.5 Å². The number of anilines is 1. The molecule has 2 amide bonds. The summed E-state index contributed by atoms with van der Waals surface area (Å²) in [6.07, 6.45) is 3.39. The van der Waals surface area contributed by atoms with Gasteiger partial charge in [0.15, 0.2) is 6.23 Å². The van der Waals surface area contributed by atoms with Gasteiger partial charge in [-0.1, -0.05) is 68.2 Å². The third kappa shape index (κ3) is 8.74. The van der Waals surface area contributed by atoms with Crippen molar-refractivity contribution < 1.29 is 24.2 Å². The van der Waals surface area contributed by atoms with E-state index in [0.29, 0.717) is 23.9 Å². The summed E-state index contributed by atoms with van der Waals surface area (Å²) in [5.41, 5.74) is 6.61. The summed E-state index contributed by atoms with van der Waals surface area (Å²) in [4.78, 5) is 30.1. The molecular formula is C39H43N7O5SSi. The topological polar surface area (TPSA) is 145 Å². The van der Waals surface area contributed by atoms with Gasteiger partial charge in [-0.2, -0.15) is 10.2 Å². The van der Waals surface area contributed by atoms with Gasteiger partial charge in [0, 0.05) is 49.7 Å². The maximum Gasteiger partial charge on any atom is 0.404 e. The molecule has 7 rings (SSSR count). The number of benzene rings is 3. The molecule has 274 valence electrons. The molecule has 1 saturated heterocycles. The number of nitrogens with one attached hydrogen (secondary N) is 2. The Kier molecular flexibility index (Phi) is 10.8. The number of carboxylic acid groups (broad SMARTS) is 1. The number of fused-ring (bicyclic) bond motifs is 1. The summed E-state index contributed by atoms with van der Waals surface area (Å²) in [5, 5.41) is 27.6. The van der Waals surface area contributed by atoms with Gasteiger partial charge in [0.25, 0.3) is 5.91 Å². The average molecular weight is 750 g/mol. The number of thiazole rings is 1. The molecular weight excluding hydrogens is 707 g/mol. The van der Waals surface area contributed by atoms with Gasteiger partial charge >= 0.3 is 6.09 Å². The minimum Gasteiger partial charge on any atom is -0.465 e. The standard InChI is InChI=1S/C39H43N7O5SSi/c1-53(2,3)17-16-50-25-45-34-21-32(30(19-29(34)23-41-45)28-13-9-10-26(18-28)22-40-39(48)49)42-37(47)33-24-52-38(43-33)35-20-31(27-11-5-4-6-12-27)44-46(35)36-14-7-8-15-51-36/h4-6,9-13,18-21,23-24,36,40H,7-8,14-17,22,25H2,1-3H3,(H,42,47)(H,48,49). The van der Waals surface area contributed by atoms with Crippen LogP contribution in [-0.2, 0) is 22.7 Å². The summed E-state index contributed by atoms with van der Waals surface area (Å²) in [5.74, 6) is -0.363. The molecule has 1 aliphatic rings. The lowest BCUT2D eigenvalue weighted by Gasteiger charge is -2.24. The van der Waals surface area contributed by atoms with Crippen molar-refractivity contribution in [1.29, 1.82) is 0 Å². The summed E-state index contributed by atoms with van der Waals surface area (Å²) < 4.78 is 15.9. The Hall–Kier alpha value is -5.15. The number of aromatic nitrogens is 5. The highest BCUT2D eigenvalue weighted by molar-refractivity contribution is 7.13. The molecule has 0 aliphatic carbocycles. The quantitative estimate of drug-likeness (QED) is 0.0786. The minimum absolute atomic E-state index is 0.149. The van der Waals surface area contributed by atoms with E-state index < -0.39 is 14.2 Å². The fraction of sp³-hybridized carbons (Fsp3) is 0.308. The molecule has 0 bridgehead atoms. The second-order valence-electron chi connectivity index (χ2n) is 14.3. The highest BCUT2D eigenvalue weighted by Gasteiger charge is 2.25. The van der Waals surface area contributed by atoms with E-state index in [1.54, 1.807) is 16.3 Å². The first kappa shape index (κ1) is 36.2. The van der Waals surface area contributed by atoms with Gasteiger partial charge in [-0.3, -0.25) is 4.79 Å². The number of hydrogen-bond acceptors (Lipinski definition) is 8.